The molecule has 0 radical (unpaired) electrons. The molecule has 0 amide bonds. The summed E-state index contributed by atoms with van der Waals surface area (Å²) in [6, 6.07) is 6.52. The molecule has 1 fully saturated rings. The van der Waals surface area contributed by atoms with Crippen LogP contribution in [-0.2, 0) is 0 Å². The van der Waals surface area contributed by atoms with Gasteiger partial charge in [0.2, 0.25) is 0 Å². The second-order valence-electron chi connectivity index (χ2n) is 6.90. The summed E-state index contributed by atoms with van der Waals surface area (Å²) in [5.41, 5.74) is 0. The Labute approximate surface area is 179 Å². The highest BCUT2D eigenvalue weighted by Gasteiger charge is 2.19. The van der Waals surface area contributed by atoms with Crippen molar-refractivity contribution in [2.45, 2.75) is 26.0 Å². The molecular weight excluding hydrogens is 460 g/mol. The quantitative estimate of drug-likeness (QED) is 0.346. The van der Waals surface area contributed by atoms with E-state index in [0.717, 1.165) is 38.7 Å². The maximum absolute atomic E-state index is 12.9. The highest BCUT2D eigenvalue weighted by molar-refractivity contribution is 14.0. The van der Waals surface area contributed by atoms with Gasteiger partial charge in [-0.15, -0.1) is 24.0 Å². The number of piperazine rings is 1. The first-order valence-corrected chi connectivity index (χ1v) is 9.27. The number of rotatable bonds is 7. The van der Waals surface area contributed by atoms with Crippen molar-refractivity contribution in [1.82, 2.24) is 20.4 Å². The predicted molar refractivity (Wildman–Crippen MR) is 120 cm³/mol. The molecule has 1 aromatic rings. The second-order valence-corrected chi connectivity index (χ2v) is 6.90. The van der Waals surface area contributed by atoms with Crippen LogP contribution in [0, 0.1) is 5.82 Å². The molecule has 0 bridgehead atoms. The fourth-order valence-electron chi connectivity index (χ4n) is 2.88. The Morgan fingerprint density at radius 3 is 2.30 bits per heavy atom. The molecule has 1 saturated heterocycles. The molecule has 154 valence electrons. The Kier molecular flexibility index (Phi) is 10.9. The number of halogens is 2. The van der Waals surface area contributed by atoms with Crippen LogP contribution < -0.4 is 15.4 Å². The summed E-state index contributed by atoms with van der Waals surface area (Å²) in [7, 11) is 3.93. The van der Waals surface area contributed by atoms with Crippen molar-refractivity contribution in [1.29, 1.82) is 0 Å². The molecule has 1 aliphatic heterocycles. The molecule has 0 aromatic heterocycles. The summed E-state index contributed by atoms with van der Waals surface area (Å²) >= 11 is 0. The third kappa shape index (κ3) is 8.61. The number of likely N-dealkylation sites (N-methyl/N-ethyl adjacent to an activating group) is 1. The number of nitrogens with zero attached hydrogens (tertiary/aromatic N) is 3. The van der Waals surface area contributed by atoms with Gasteiger partial charge in [0.1, 0.15) is 17.7 Å². The number of ether oxygens (including phenoxy) is 1. The molecule has 0 saturated carbocycles. The number of hydrogen-bond acceptors (Lipinski definition) is 4. The van der Waals surface area contributed by atoms with E-state index in [4.69, 9.17) is 4.74 Å². The van der Waals surface area contributed by atoms with Gasteiger partial charge in [-0.1, -0.05) is 0 Å². The zero-order chi connectivity index (χ0) is 18.9. The lowest BCUT2D eigenvalue weighted by atomic mass is 10.2. The van der Waals surface area contributed by atoms with E-state index in [0.29, 0.717) is 18.3 Å². The average molecular weight is 493 g/mol. The van der Waals surface area contributed by atoms with Gasteiger partial charge in [-0.25, -0.2) is 4.39 Å². The molecule has 1 aromatic carbocycles. The number of guanidine groups is 1. The molecule has 1 heterocycles. The van der Waals surface area contributed by atoms with Gasteiger partial charge in [0.25, 0.3) is 0 Å². The first kappa shape index (κ1) is 23.9. The highest BCUT2D eigenvalue weighted by Crippen LogP contribution is 2.12. The van der Waals surface area contributed by atoms with Crippen LogP contribution in [0.1, 0.15) is 13.8 Å². The monoisotopic (exact) mass is 493 g/mol. The van der Waals surface area contributed by atoms with Gasteiger partial charge in [-0.3, -0.25) is 9.89 Å². The van der Waals surface area contributed by atoms with Crippen LogP contribution in [0.25, 0.3) is 0 Å². The lowest BCUT2D eigenvalue weighted by Gasteiger charge is -2.36. The van der Waals surface area contributed by atoms with Crippen LogP contribution in [0.5, 0.6) is 5.75 Å². The van der Waals surface area contributed by atoms with Crippen molar-refractivity contribution < 1.29 is 9.13 Å². The van der Waals surface area contributed by atoms with Crippen molar-refractivity contribution in [2.24, 2.45) is 4.99 Å². The van der Waals surface area contributed by atoms with Gasteiger partial charge in [0, 0.05) is 45.8 Å². The Balaban J connectivity index is 0.00000364. The topological polar surface area (TPSA) is 52.1 Å². The van der Waals surface area contributed by atoms with Crippen molar-refractivity contribution in [2.75, 3.05) is 53.4 Å². The third-order valence-electron chi connectivity index (χ3n) is 4.66. The highest BCUT2D eigenvalue weighted by atomic mass is 127. The number of aliphatic imine (C=N–C) groups is 1. The Bertz CT molecular complexity index is 564. The van der Waals surface area contributed by atoms with Gasteiger partial charge in [0.05, 0.1) is 6.54 Å². The second kappa shape index (κ2) is 12.4. The summed E-state index contributed by atoms with van der Waals surface area (Å²) in [5, 5.41) is 6.66. The lowest BCUT2D eigenvalue weighted by molar-refractivity contribution is 0.120. The van der Waals surface area contributed by atoms with Crippen molar-refractivity contribution >= 4 is 29.9 Å². The standard InChI is InChI=1S/C19H32FN5O.HI/c1-15(25-11-9-24(4)10-12-25)13-22-19(21-3)23-14-16(2)26-18-7-5-17(20)6-8-18;/h5-8,15-16H,9-14H2,1-4H3,(H2,21,22,23);1H. The first-order chi connectivity index (χ1) is 12.5. The van der Waals surface area contributed by atoms with Gasteiger partial charge in [0.15, 0.2) is 5.96 Å². The minimum atomic E-state index is -0.262. The fourth-order valence-corrected chi connectivity index (χ4v) is 2.88. The van der Waals surface area contributed by atoms with Crippen LogP contribution in [0.15, 0.2) is 29.3 Å². The van der Waals surface area contributed by atoms with E-state index >= 15 is 0 Å². The molecule has 0 spiro atoms. The van der Waals surface area contributed by atoms with Gasteiger partial charge in [-0.05, 0) is 45.2 Å². The summed E-state index contributed by atoms with van der Waals surface area (Å²) in [6.07, 6.45) is -0.0610. The SMILES string of the molecule is CN=C(NCC(C)Oc1ccc(F)cc1)NCC(C)N1CCN(C)CC1.I. The maximum atomic E-state index is 12.9. The van der Waals surface area contributed by atoms with Crippen molar-refractivity contribution in [3.05, 3.63) is 30.1 Å². The number of benzene rings is 1. The minimum absolute atomic E-state index is 0. The summed E-state index contributed by atoms with van der Waals surface area (Å²) < 4.78 is 18.7. The molecule has 2 N–H and O–H groups in total. The summed E-state index contributed by atoms with van der Waals surface area (Å²) in [5.74, 6) is 1.16. The molecule has 0 aliphatic carbocycles. The van der Waals surface area contributed by atoms with E-state index in [-0.39, 0.29) is 35.9 Å². The van der Waals surface area contributed by atoms with E-state index < -0.39 is 0 Å². The zero-order valence-corrected chi connectivity index (χ0v) is 19.1. The molecule has 2 rings (SSSR count). The van der Waals surface area contributed by atoms with E-state index in [1.807, 2.05) is 6.92 Å². The number of nitrogens with one attached hydrogen (secondary N) is 2. The Hall–Kier alpha value is -1.13. The predicted octanol–water partition coefficient (Wildman–Crippen LogP) is 2.01. The molecular formula is C19H33FIN5O. The smallest absolute Gasteiger partial charge is 0.191 e. The van der Waals surface area contributed by atoms with E-state index in [2.05, 4.69) is 39.4 Å². The van der Waals surface area contributed by atoms with E-state index in [1.165, 1.54) is 12.1 Å². The molecule has 2 unspecified atom stereocenters. The molecule has 8 heteroatoms. The Morgan fingerprint density at radius 2 is 1.70 bits per heavy atom. The zero-order valence-electron chi connectivity index (χ0n) is 16.7. The van der Waals surface area contributed by atoms with Crippen LogP contribution in [0.3, 0.4) is 0 Å². The summed E-state index contributed by atoms with van der Waals surface area (Å²) in [4.78, 5) is 9.13. The van der Waals surface area contributed by atoms with Crippen molar-refractivity contribution in [3.63, 3.8) is 0 Å². The third-order valence-corrected chi connectivity index (χ3v) is 4.66. The van der Waals surface area contributed by atoms with E-state index in [9.17, 15) is 4.39 Å². The van der Waals surface area contributed by atoms with Gasteiger partial charge < -0.3 is 20.3 Å². The molecule has 27 heavy (non-hydrogen) atoms. The normalized spacial score (nSPS) is 18.3. The molecule has 6 nitrogen and oxygen atoms in total. The molecule has 2 atom stereocenters. The van der Waals surface area contributed by atoms with Crippen LogP contribution in [-0.4, -0.2) is 81.3 Å². The Morgan fingerprint density at radius 1 is 1.11 bits per heavy atom. The average Bonchev–Trinajstić information content (AvgIpc) is 2.64. The van der Waals surface area contributed by atoms with Crippen LogP contribution >= 0.6 is 24.0 Å². The van der Waals surface area contributed by atoms with Gasteiger partial charge in [-0.2, -0.15) is 0 Å². The molecule has 1 aliphatic rings. The fraction of sp³-hybridized carbons (Fsp3) is 0.632. The van der Waals surface area contributed by atoms with Crippen LogP contribution in [0.4, 0.5) is 4.39 Å². The lowest BCUT2D eigenvalue weighted by Crippen LogP contribution is -2.52. The first-order valence-electron chi connectivity index (χ1n) is 9.27. The van der Waals surface area contributed by atoms with E-state index in [1.54, 1.807) is 19.2 Å². The number of hydrogen-bond donors (Lipinski definition) is 2. The largest absolute Gasteiger partial charge is 0.489 e. The van der Waals surface area contributed by atoms with Crippen LogP contribution in [0.2, 0.25) is 0 Å². The summed E-state index contributed by atoms with van der Waals surface area (Å²) in [6.45, 7) is 10.1. The minimum Gasteiger partial charge on any atom is -0.489 e. The van der Waals surface area contributed by atoms with Gasteiger partial charge >= 0.3 is 0 Å². The van der Waals surface area contributed by atoms with Crippen molar-refractivity contribution in [3.8, 4) is 5.75 Å². The maximum Gasteiger partial charge on any atom is 0.191 e.